The van der Waals surface area contributed by atoms with Gasteiger partial charge in [0, 0.05) is 10.6 Å². The predicted octanol–water partition coefficient (Wildman–Crippen LogP) is 2.91. The second kappa shape index (κ2) is 4.15. The van der Waals surface area contributed by atoms with Crippen LogP contribution in [0.3, 0.4) is 0 Å². The standard InChI is InChI=1S/C10H8ClNO2/c11-9-2-1-3-10(4-9)13-6-8-5-12-14-7-8/h1-5,7H,6H2. The normalized spacial score (nSPS) is 10.1. The van der Waals surface area contributed by atoms with Crippen LogP contribution in [0.5, 0.6) is 5.75 Å². The van der Waals surface area contributed by atoms with Gasteiger partial charge < -0.3 is 9.26 Å². The van der Waals surface area contributed by atoms with E-state index in [1.54, 1.807) is 24.6 Å². The number of rotatable bonds is 3. The summed E-state index contributed by atoms with van der Waals surface area (Å²) >= 11 is 5.79. The van der Waals surface area contributed by atoms with Gasteiger partial charge in [0.25, 0.3) is 0 Å². The first-order chi connectivity index (χ1) is 6.84. The maximum atomic E-state index is 5.79. The van der Waals surface area contributed by atoms with E-state index in [-0.39, 0.29) is 0 Å². The lowest BCUT2D eigenvalue weighted by Crippen LogP contribution is -1.93. The van der Waals surface area contributed by atoms with Crippen molar-refractivity contribution in [1.82, 2.24) is 5.16 Å². The van der Waals surface area contributed by atoms with E-state index in [1.165, 1.54) is 0 Å². The summed E-state index contributed by atoms with van der Waals surface area (Å²) in [5, 5.41) is 4.23. The zero-order valence-electron chi connectivity index (χ0n) is 7.31. The Morgan fingerprint density at radius 1 is 1.43 bits per heavy atom. The largest absolute Gasteiger partial charge is 0.489 e. The molecule has 0 aliphatic heterocycles. The SMILES string of the molecule is Clc1cccc(OCc2cnoc2)c1. The molecule has 3 nitrogen and oxygen atoms in total. The minimum Gasteiger partial charge on any atom is -0.489 e. The van der Waals surface area contributed by atoms with Gasteiger partial charge >= 0.3 is 0 Å². The van der Waals surface area contributed by atoms with Crippen molar-refractivity contribution in [2.75, 3.05) is 0 Å². The molecule has 1 heterocycles. The Balaban J connectivity index is 1.98. The van der Waals surface area contributed by atoms with E-state index in [4.69, 9.17) is 16.3 Å². The second-order valence-corrected chi connectivity index (χ2v) is 3.22. The summed E-state index contributed by atoms with van der Waals surface area (Å²) in [6.07, 6.45) is 3.16. The van der Waals surface area contributed by atoms with Crippen molar-refractivity contribution in [2.45, 2.75) is 6.61 Å². The highest BCUT2D eigenvalue weighted by Gasteiger charge is 1.98. The number of aromatic nitrogens is 1. The van der Waals surface area contributed by atoms with Gasteiger partial charge in [-0.05, 0) is 18.2 Å². The van der Waals surface area contributed by atoms with E-state index in [9.17, 15) is 0 Å². The smallest absolute Gasteiger partial charge is 0.130 e. The van der Waals surface area contributed by atoms with Gasteiger partial charge in [0.1, 0.15) is 18.6 Å². The second-order valence-electron chi connectivity index (χ2n) is 2.78. The molecule has 0 saturated carbocycles. The van der Waals surface area contributed by atoms with Gasteiger partial charge in [-0.1, -0.05) is 22.8 Å². The van der Waals surface area contributed by atoms with Crippen LogP contribution in [0.4, 0.5) is 0 Å². The highest BCUT2D eigenvalue weighted by atomic mass is 35.5. The molecule has 0 bridgehead atoms. The highest BCUT2D eigenvalue weighted by molar-refractivity contribution is 6.30. The molecule has 14 heavy (non-hydrogen) atoms. The number of hydrogen-bond donors (Lipinski definition) is 0. The van der Waals surface area contributed by atoms with Crippen LogP contribution in [0.1, 0.15) is 5.56 Å². The van der Waals surface area contributed by atoms with E-state index < -0.39 is 0 Å². The zero-order valence-corrected chi connectivity index (χ0v) is 8.07. The number of ether oxygens (including phenoxy) is 1. The Bertz CT molecular complexity index is 400. The summed E-state index contributed by atoms with van der Waals surface area (Å²) in [5.74, 6) is 0.735. The first-order valence-electron chi connectivity index (χ1n) is 4.11. The molecule has 0 saturated heterocycles. The lowest BCUT2D eigenvalue weighted by atomic mass is 10.3. The number of benzene rings is 1. The topological polar surface area (TPSA) is 35.3 Å². The van der Waals surface area contributed by atoms with Crippen LogP contribution in [-0.2, 0) is 6.61 Å². The fourth-order valence-electron chi connectivity index (χ4n) is 1.02. The number of hydrogen-bond acceptors (Lipinski definition) is 3. The van der Waals surface area contributed by atoms with Crippen molar-refractivity contribution in [3.05, 3.63) is 47.3 Å². The van der Waals surface area contributed by atoms with E-state index in [0.29, 0.717) is 11.6 Å². The van der Waals surface area contributed by atoms with Crippen LogP contribution in [0.2, 0.25) is 5.02 Å². The molecule has 2 rings (SSSR count). The third-order valence-electron chi connectivity index (χ3n) is 1.69. The first kappa shape index (κ1) is 9.09. The lowest BCUT2D eigenvalue weighted by molar-refractivity contribution is 0.304. The molecule has 0 amide bonds. The molecule has 0 spiro atoms. The minimum atomic E-state index is 0.434. The monoisotopic (exact) mass is 209 g/mol. The van der Waals surface area contributed by atoms with E-state index in [2.05, 4.69) is 9.68 Å². The quantitative estimate of drug-likeness (QED) is 0.780. The van der Waals surface area contributed by atoms with Gasteiger partial charge in [0.2, 0.25) is 0 Å². The molecule has 1 aromatic carbocycles. The Kier molecular flexibility index (Phi) is 2.70. The van der Waals surface area contributed by atoms with Crippen molar-refractivity contribution in [3.8, 4) is 5.75 Å². The van der Waals surface area contributed by atoms with Crippen molar-refractivity contribution in [3.63, 3.8) is 0 Å². The number of halogens is 1. The molecule has 0 fully saturated rings. The van der Waals surface area contributed by atoms with Crippen molar-refractivity contribution < 1.29 is 9.26 Å². The van der Waals surface area contributed by atoms with Crippen LogP contribution < -0.4 is 4.74 Å². The molecule has 0 radical (unpaired) electrons. The Hall–Kier alpha value is -1.48. The lowest BCUT2D eigenvalue weighted by Gasteiger charge is -2.03. The van der Waals surface area contributed by atoms with Gasteiger partial charge in [0.15, 0.2) is 0 Å². The fourth-order valence-corrected chi connectivity index (χ4v) is 1.20. The highest BCUT2D eigenvalue weighted by Crippen LogP contribution is 2.18. The van der Waals surface area contributed by atoms with Gasteiger partial charge in [-0.15, -0.1) is 0 Å². The summed E-state index contributed by atoms with van der Waals surface area (Å²) in [6.45, 7) is 0.434. The van der Waals surface area contributed by atoms with E-state index in [0.717, 1.165) is 11.3 Å². The molecular weight excluding hydrogens is 202 g/mol. The molecule has 0 unspecified atom stereocenters. The molecule has 2 aromatic rings. The average Bonchev–Trinajstić information content (AvgIpc) is 2.67. The molecule has 0 atom stereocenters. The third kappa shape index (κ3) is 2.26. The van der Waals surface area contributed by atoms with Crippen molar-refractivity contribution >= 4 is 11.6 Å². The molecule has 0 aliphatic rings. The maximum absolute atomic E-state index is 5.79. The van der Waals surface area contributed by atoms with Gasteiger partial charge in [-0.25, -0.2) is 0 Å². The van der Waals surface area contributed by atoms with Crippen molar-refractivity contribution in [2.24, 2.45) is 0 Å². The molecule has 1 aromatic heterocycles. The summed E-state index contributed by atoms with van der Waals surface area (Å²) in [6, 6.07) is 7.24. The van der Waals surface area contributed by atoms with Gasteiger partial charge in [0.05, 0.1) is 6.20 Å². The van der Waals surface area contributed by atoms with Gasteiger partial charge in [-0.2, -0.15) is 0 Å². The van der Waals surface area contributed by atoms with Gasteiger partial charge in [-0.3, -0.25) is 0 Å². The molecule has 0 N–H and O–H groups in total. The molecule has 0 aliphatic carbocycles. The summed E-state index contributed by atoms with van der Waals surface area (Å²) in [7, 11) is 0. The fraction of sp³-hybridized carbons (Fsp3) is 0.100. The molecular formula is C10H8ClNO2. The summed E-state index contributed by atoms with van der Waals surface area (Å²) in [5.41, 5.74) is 0.893. The average molecular weight is 210 g/mol. The molecule has 4 heteroatoms. The summed E-state index contributed by atoms with van der Waals surface area (Å²) < 4.78 is 10.1. The zero-order chi connectivity index (χ0) is 9.80. The van der Waals surface area contributed by atoms with Crippen LogP contribution in [0.25, 0.3) is 0 Å². The maximum Gasteiger partial charge on any atom is 0.130 e. The summed E-state index contributed by atoms with van der Waals surface area (Å²) in [4.78, 5) is 0. The Morgan fingerprint density at radius 2 is 2.36 bits per heavy atom. The predicted molar refractivity (Wildman–Crippen MR) is 52.3 cm³/mol. The van der Waals surface area contributed by atoms with E-state index >= 15 is 0 Å². The Labute approximate surface area is 86.2 Å². The van der Waals surface area contributed by atoms with Crippen LogP contribution in [0.15, 0.2) is 41.2 Å². The van der Waals surface area contributed by atoms with Crippen molar-refractivity contribution in [1.29, 1.82) is 0 Å². The number of nitrogens with zero attached hydrogens (tertiary/aromatic N) is 1. The third-order valence-corrected chi connectivity index (χ3v) is 1.92. The Morgan fingerprint density at radius 3 is 3.07 bits per heavy atom. The van der Waals surface area contributed by atoms with E-state index in [1.807, 2.05) is 12.1 Å². The first-order valence-corrected chi connectivity index (χ1v) is 4.49. The van der Waals surface area contributed by atoms with Crippen LogP contribution in [0, 0.1) is 0 Å². The minimum absolute atomic E-state index is 0.434. The van der Waals surface area contributed by atoms with Crippen LogP contribution in [-0.4, -0.2) is 5.16 Å². The van der Waals surface area contributed by atoms with Crippen LogP contribution >= 0.6 is 11.6 Å². The molecule has 72 valence electrons.